The van der Waals surface area contributed by atoms with Gasteiger partial charge in [-0.05, 0) is 26.7 Å². The van der Waals surface area contributed by atoms with Crippen LogP contribution in [0.4, 0.5) is 0 Å². The minimum Gasteiger partial charge on any atom is -0.499 e. The molecule has 0 amide bonds. The average molecular weight is 346 g/mol. The molecule has 0 radical (unpaired) electrons. The Kier molecular flexibility index (Phi) is 17.4. The molecule has 0 bridgehead atoms. The Balaban J connectivity index is 3.22. The Morgan fingerprint density at radius 3 is 1.46 bits per heavy atom. The van der Waals surface area contributed by atoms with Gasteiger partial charge in [-0.3, -0.25) is 0 Å². The second-order valence-electron chi connectivity index (χ2n) is 5.48. The molecule has 2 N–H and O–H groups in total. The highest BCUT2D eigenvalue weighted by molar-refractivity contribution is 4.67. The van der Waals surface area contributed by atoms with Crippen LogP contribution in [0.2, 0.25) is 0 Å². The molecule has 0 fully saturated rings. The van der Waals surface area contributed by atoms with E-state index in [1.807, 2.05) is 13.8 Å². The quantitative estimate of drug-likeness (QED) is 0.311. The van der Waals surface area contributed by atoms with Gasteiger partial charge in [-0.1, -0.05) is 25.0 Å². The summed E-state index contributed by atoms with van der Waals surface area (Å²) in [5.41, 5.74) is 0. The topological polar surface area (TPSA) is 77.4 Å². The second kappa shape index (κ2) is 18.3. The lowest BCUT2D eigenvalue weighted by Crippen LogP contribution is -2.21. The average Bonchev–Trinajstić information content (AvgIpc) is 2.57. The smallest absolute Gasteiger partial charge is 0.115 e. The maximum atomic E-state index is 9.56. The Morgan fingerprint density at radius 2 is 1.08 bits per heavy atom. The maximum absolute atomic E-state index is 9.56. The number of aliphatic hydroxyl groups excluding tert-OH is 2. The molecular weight excluding hydrogens is 312 g/mol. The van der Waals surface area contributed by atoms with E-state index >= 15 is 0 Å². The van der Waals surface area contributed by atoms with E-state index in [0.717, 1.165) is 25.7 Å². The van der Waals surface area contributed by atoms with Crippen LogP contribution in [0.15, 0.2) is 24.7 Å². The SMILES string of the molecule is CC=COCC(O)COCCCCCCOCC(O)COC=CC. The van der Waals surface area contributed by atoms with Gasteiger partial charge >= 0.3 is 0 Å². The minimum atomic E-state index is -0.585. The molecule has 0 aliphatic heterocycles. The van der Waals surface area contributed by atoms with Crippen LogP contribution in [0, 0.1) is 0 Å². The molecule has 0 saturated carbocycles. The molecule has 0 aliphatic rings. The van der Waals surface area contributed by atoms with Gasteiger partial charge in [0.15, 0.2) is 0 Å². The van der Waals surface area contributed by atoms with Gasteiger partial charge < -0.3 is 29.2 Å². The summed E-state index contributed by atoms with van der Waals surface area (Å²) >= 11 is 0. The van der Waals surface area contributed by atoms with Gasteiger partial charge in [0.1, 0.15) is 25.4 Å². The fourth-order valence-corrected chi connectivity index (χ4v) is 1.82. The van der Waals surface area contributed by atoms with E-state index < -0.39 is 12.2 Å². The molecular formula is C18H34O6. The third kappa shape index (κ3) is 17.3. The van der Waals surface area contributed by atoms with E-state index in [2.05, 4.69) is 0 Å². The molecule has 0 saturated heterocycles. The third-order valence-corrected chi connectivity index (χ3v) is 2.99. The van der Waals surface area contributed by atoms with Gasteiger partial charge in [0.05, 0.1) is 25.7 Å². The highest BCUT2D eigenvalue weighted by Gasteiger charge is 2.04. The van der Waals surface area contributed by atoms with Crippen LogP contribution in [0.3, 0.4) is 0 Å². The van der Waals surface area contributed by atoms with Crippen molar-refractivity contribution in [1.82, 2.24) is 0 Å². The number of rotatable bonds is 17. The zero-order valence-corrected chi connectivity index (χ0v) is 15.1. The lowest BCUT2D eigenvalue weighted by Gasteiger charge is -2.11. The number of hydrogen-bond donors (Lipinski definition) is 2. The van der Waals surface area contributed by atoms with E-state index in [1.165, 1.54) is 0 Å². The first-order chi connectivity index (χ1) is 11.7. The molecule has 2 atom stereocenters. The Morgan fingerprint density at radius 1 is 0.667 bits per heavy atom. The summed E-state index contributed by atoms with van der Waals surface area (Å²) in [6.45, 7) is 6.11. The normalized spacial score (nSPS) is 14.3. The van der Waals surface area contributed by atoms with Crippen molar-refractivity contribution in [3.63, 3.8) is 0 Å². The number of aliphatic hydroxyl groups is 2. The lowest BCUT2D eigenvalue weighted by molar-refractivity contribution is -0.000966. The molecule has 0 rings (SSSR count). The predicted octanol–water partition coefficient (Wildman–Crippen LogP) is 2.40. The number of ether oxygens (including phenoxy) is 4. The van der Waals surface area contributed by atoms with E-state index in [9.17, 15) is 10.2 Å². The summed E-state index contributed by atoms with van der Waals surface area (Å²) in [6, 6.07) is 0. The molecule has 0 aromatic heterocycles. The van der Waals surface area contributed by atoms with E-state index in [4.69, 9.17) is 18.9 Å². The van der Waals surface area contributed by atoms with Crippen molar-refractivity contribution in [2.24, 2.45) is 0 Å². The first-order valence-corrected chi connectivity index (χ1v) is 8.67. The van der Waals surface area contributed by atoms with Crippen molar-refractivity contribution >= 4 is 0 Å². The van der Waals surface area contributed by atoms with Crippen molar-refractivity contribution in [3.05, 3.63) is 24.7 Å². The third-order valence-electron chi connectivity index (χ3n) is 2.99. The van der Waals surface area contributed by atoms with Gasteiger partial charge in [-0.15, -0.1) is 0 Å². The van der Waals surface area contributed by atoms with Gasteiger partial charge in [-0.2, -0.15) is 0 Å². The predicted molar refractivity (Wildman–Crippen MR) is 93.7 cm³/mol. The monoisotopic (exact) mass is 346 g/mol. The summed E-state index contributed by atoms with van der Waals surface area (Å²) in [4.78, 5) is 0. The van der Waals surface area contributed by atoms with Gasteiger partial charge in [-0.25, -0.2) is 0 Å². The highest BCUT2D eigenvalue weighted by atomic mass is 16.5. The first-order valence-electron chi connectivity index (χ1n) is 8.67. The van der Waals surface area contributed by atoms with Gasteiger partial charge in [0.25, 0.3) is 0 Å². The number of hydrogen-bond acceptors (Lipinski definition) is 6. The second-order valence-corrected chi connectivity index (χ2v) is 5.48. The van der Waals surface area contributed by atoms with E-state index in [1.54, 1.807) is 24.7 Å². The zero-order valence-electron chi connectivity index (χ0n) is 15.1. The molecule has 0 spiro atoms. The Hall–Kier alpha value is -1.08. The van der Waals surface area contributed by atoms with Crippen molar-refractivity contribution in [2.45, 2.75) is 51.7 Å². The van der Waals surface area contributed by atoms with Crippen LogP contribution in [0.5, 0.6) is 0 Å². The molecule has 6 heteroatoms. The minimum absolute atomic E-state index is 0.257. The van der Waals surface area contributed by atoms with Crippen molar-refractivity contribution < 1.29 is 29.2 Å². The molecule has 142 valence electrons. The molecule has 2 unspecified atom stereocenters. The fourth-order valence-electron chi connectivity index (χ4n) is 1.82. The summed E-state index contributed by atoms with van der Waals surface area (Å²) in [6.07, 6.45) is 9.52. The number of allylic oxidation sites excluding steroid dienone is 2. The molecule has 6 nitrogen and oxygen atoms in total. The largest absolute Gasteiger partial charge is 0.499 e. The van der Waals surface area contributed by atoms with Crippen molar-refractivity contribution in [1.29, 1.82) is 0 Å². The number of unbranched alkanes of at least 4 members (excludes halogenated alkanes) is 3. The molecule has 0 aliphatic carbocycles. The van der Waals surface area contributed by atoms with E-state index in [-0.39, 0.29) is 13.2 Å². The summed E-state index contributed by atoms with van der Waals surface area (Å²) < 4.78 is 20.9. The molecule has 0 aromatic rings. The first kappa shape index (κ1) is 22.9. The van der Waals surface area contributed by atoms with Crippen LogP contribution in [-0.4, -0.2) is 62.1 Å². The summed E-state index contributed by atoms with van der Waals surface area (Å²) in [7, 11) is 0. The standard InChI is InChI=1S/C18H34O6/c1-3-9-21-13-17(19)15-23-11-7-5-6-8-12-24-16-18(20)14-22-10-4-2/h3-4,9-10,17-20H,5-8,11-16H2,1-2H3. The molecule has 0 heterocycles. The van der Waals surface area contributed by atoms with E-state index in [0.29, 0.717) is 26.4 Å². The summed E-state index contributed by atoms with van der Waals surface area (Å²) in [5.74, 6) is 0. The van der Waals surface area contributed by atoms with Crippen molar-refractivity contribution in [3.8, 4) is 0 Å². The summed E-state index contributed by atoms with van der Waals surface area (Å²) in [5, 5.41) is 19.1. The Bertz CT molecular complexity index is 276. The molecule has 0 aromatic carbocycles. The van der Waals surface area contributed by atoms with Crippen LogP contribution < -0.4 is 0 Å². The lowest BCUT2D eigenvalue weighted by atomic mass is 10.2. The van der Waals surface area contributed by atoms with Crippen LogP contribution >= 0.6 is 0 Å². The van der Waals surface area contributed by atoms with Crippen LogP contribution in [0.1, 0.15) is 39.5 Å². The van der Waals surface area contributed by atoms with Crippen molar-refractivity contribution in [2.75, 3.05) is 39.6 Å². The fraction of sp³-hybridized carbons (Fsp3) is 0.778. The van der Waals surface area contributed by atoms with Crippen LogP contribution in [0.25, 0.3) is 0 Å². The van der Waals surface area contributed by atoms with Gasteiger partial charge in [0.2, 0.25) is 0 Å². The maximum Gasteiger partial charge on any atom is 0.115 e. The van der Waals surface area contributed by atoms with Crippen LogP contribution in [-0.2, 0) is 18.9 Å². The molecule has 24 heavy (non-hydrogen) atoms. The zero-order chi connectivity index (χ0) is 17.9. The van der Waals surface area contributed by atoms with Gasteiger partial charge in [0, 0.05) is 13.2 Å². The highest BCUT2D eigenvalue weighted by Crippen LogP contribution is 2.01. The Labute approximate surface area is 146 Å².